The van der Waals surface area contributed by atoms with Crippen molar-refractivity contribution in [2.24, 2.45) is 5.92 Å². The highest BCUT2D eigenvalue weighted by Gasteiger charge is 2.36. The Balaban J connectivity index is 1.80. The third-order valence-electron chi connectivity index (χ3n) is 5.40. The first-order valence-corrected chi connectivity index (χ1v) is 10.2. The number of nitrogens with one attached hydrogen (secondary N) is 1. The number of hydrogen-bond donors (Lipinski definition) is 2. The van der Waals surface area contributed by atoms with Gasteiger partial charge in [-0.05, 0) is 30.2 Å². The molecular weight excluding hydrogens is 412 g/mol. The normalized spacial score (nSPS) is 17.8. The molecule has 2 amide bonds. The van der Waals surface area contributed by atoms with Gasteiger partial charge in [-0.25, -0.2) is 0 Å². The van der Waals surface area contributed by atoms with E-state index in [-0.39, 0.29) is 37.7 Å². The molecule has 0 saturated carbocycles. The molecule has 2 unspecified atom stereocenters. The van der Waals surface area contributed by atoms with Gasteiger partial charge in [0.05, 0.1) is 31.3 Å². The van der Waals surface area contributed by atoms with E-state index in [2.05, 4.69) is 10.3 Å². The molecule has 2 atom stereocenters. The van der Waals surface area contributed by atoms with Crippen molar-refractivity contribution < 1.29 is 24.2 Å². The number of carbonyl (C=O) groups excluding carboxylic acids is 3. The molecule has 2 aromatic rings. The van der Waals surface area contributed by atoms with E-state index < -0.39 is 18.0 Å². The number of nitriles is 1. The number of benzene rings is 1. The number of rotatable bonds is 6. The van der Waals surface area contributed by atoms with Gasteiger partial charge in [0.15, 0.2) is 0 Å². The first-order valence-electron chi connectivity index (χ1n) is 10.2. The number of hydrogen-bond acceptors (Lipinski definition) is 7. The van der Waals surface area contributed by atoms with Crippen LogP contribution in [0.2, 0.25) is 0 Å². The van der Waals surface area contributed by atoms with E-state index in [1.165, 1.54) is 18.2 Å². The highest BCUT2D eigenvalue weighted by molar-refractivity contribution is 6.01. The fourth-order valence-electron chi connectivity index (χ4n) is 3.62. The Morgan fingerprint density at radius 1 is 1.28 bits per heavy atom. The molecule has 1 aromatic carbocycles. The van der Waals surface area contributed by atoms with Crippen molar-refractivity contribution in [1.29, 1.82) is 5.26 Å². The van der Waals surface area contributed by atoms with E-state index >= 15 is 0 Å². The molecule has 2 heterocycles. The third-order valence-corrected chi connectivity index (χ3v) is 5.40. The lowest BCUT2D eigenvalue weighted by atomic mass is 9.93. The molecule has 1 saturated heterocycles. The van der Waals surface area contributed by atoms with Crippen molar-refractivity contribution in [1.82, 2.24) is 15.2 Å². The molecule has 9 nitrogen and oxygen atoms in total. The molecule has 2 N–H and O–H groups in total. The minimum atomic E-state index is -0.852. The SMILES string of the molecule is COC(=O)C1CN(C(=O)c2ccncc2-c2ccc(C(=O)NCCC#N)cc2)CCC1O. The molecule has 1 aliphatic rings. The molecule has 9 heteroatoms. The second kappa shape index (κ2) is 10.5. The smallest absolute Gasteiger partial charge is 0.313 e. The van der Waals surface area contributed by atoms with E-state index in [0.29, 0.717) is 28.8 Å². The van der Waals surface area contributed by atoms with Gasteiger partial charge in [-0.3, -0.25) is 19.4 Å². The van der Waals surface area contributed by atoms with Crippen LogP contribution in [0, 0.1) is 17.2 Å². The van der Waals surface area contributed by atoms with Crippen LogP contribution in [0.5, 0.6) is 0 Å². The molecule has 1 aromatic heterocycles. The Kier molecular flexibility index (Phi) is 7.52. The zero-order valence-corrected chi connectivity index (χ0v) is 17.7. The number of piperidine rings is 1. The molecule has 1 aliphatic heterocycles. The van der Waals surface area contributed by atoms with Crippen LogP contribution in [-0.4, -0.2) is 65.6 Å². The number of pyridine rings is 1. The fraction of sp³-hybridized carbons (Fsp3) is 0.348. The van der Waals surface area contributed by atoms with Crippen molar-refractivity contribution in [2.75, 3.05) is 26.7 Å². The monoisotopic (exact) mass is 436 g/mol. The number of ether oxygens (including phenoxy) is 1. The topological polar surface area (TPSA) is 133 Å². The van der Waals surface area contributed by atoms with E-state index in [0.717, 1.165) is 0 Å². The number of aliphatic hydroxyl groups is 1. The molecule has 166 valence electrons. The van der Waals surface area contributed by atoms with Crippen molar-refractivity contribution >= 4 is 17.8 Å². The summed E-state index contributed by atoms with van der Waals surface area (Å²) in [7, 11) is 1.25. The zero-order valence-electron chi connectivity index (χ0n) is 17.7. The van der Waals surface area contributed by atoms with Gasteiger partial charge >= 0.3 is 5.97 Å². The first kappa shape index (κ1) is 22.9. The Hall–Kier alpha value is -3.77. The minimum Gasteiger partial charge on any atom is -0.469 e. The highest BCUT2D eigenvalue weighted by Crippen LogP contribution is 2.27. The van der Waals surface area contributed by atoms with Gasteiger partial charge in [-0.2, -0.15) is 5.26 Å². The van der Waals surface area contributed by atoms with Crippen LogP contribution in [0.25, 0.3) is 11.1 Å². The van der Waals surface area contributed by atoms with E-state index in [1.54, 1.807) is 36.5 Å². The summed E-state index contributed by atoms with van der Waals surface area (Å²) < 4.78 is 4.75. The molecular formula is C23H24N4O5. The van der Waals surface area contributed by atoms with Crippen molar-refractivity contribution in [3.8, 4) is 17.2 Å². The quantitative estimate of drug-likeness (QED) is 0.516. The Morgan fingerprint density at radius 3 is 2.72 bits per heavy atom. The predicted octanol–water partition coefficient (Wildman–Crippen LogP) is 1.39. The van der Waals surface area contributed by atoms with Crippen LogP contribution in [0.15, 0.2) is 42.7 Å². The summed E-state index contributed by atoms with van der Waals surface area (Å²) in [5.41, 5.74) is 2.15. The van der Waals surface area contributed by atoms with Crippen LogP contribution in [0.1, 0.15) is 33.6 Å². The van der Waals surface area contributed by atoms with Crippen molar-refractivity contribution in [3.05, 3.63) is 53.9 Å². The Morgan fingerprint density at radius 2 is 2.03 bits per heavy atom. The summed E-state index contributed by atoms with van der Waals surface area (Å²) in [4.78, 5) is 43.0. The number of carbonyl (C=O) groups is 3. The van der Waals surface area contributed by atoms with Crippen LogP contribution in [0.4, 0.5) is 0 Å². The summed E-state index contributed by atoms with van der Waals surface area (Å²) in [6, 6.07) is 10.3. The number of nitrogens with zero attached hydrogens (tertiary/aromatic N) is 3. The van der Waals surface area contributed by atoms with Crippen LogP contribution >= 0.6 is 0 Å². The molecule has 0 aliphatic carbocycles. The van der Waals surface area contributed by atoms with Gasteiger partial charge in [0.2, 0.25) is 0 Å². The van der Waals surface area contributed by atoms with Gasteiger partial charge < -0.3 is 20.1 Å². The summed E-state index contributed by atoms with van der Waals surface area (Å²) in [6.07, 6.45) is 2.75. The van der Waals surface area contributed by atoms with E-state index in [9.17, 15) is 19.5 Å². The Bertz CT molecular complexity index is 1030. The lowest BCUT2D eigenvalue weighted by Crippen LogP contribution is -2.49. The number of esters is 1. The maximum absolute atomic E-state index is 13.3. The molecule has 32 heavy (non-hydrogen) atoms. The zero-order chi connectivity index (χ0) is 23.1. The highest BCUT2D eigenvalue weighted by atomic mass is 16.5. The number of amides is 2. The van der Waals surface area contributed by atoms with Crippen molar-refractivity contribution in [3.63, 3.8) is 0 Å². The van der Waals surface area contributed by atoms with Gasteiger partial charge in [0.1, 0.15) is 5.92 Å². The molecule has 0 radical (unpaired) electrons. The third kappa shape index (κ3) is 5.10. The largest absolute Gasteiger partial charge is 0.469 e. The summed E-state index contributed by atoms with van der Waals surface area (Å²) in [5.74, 6) is -1.90. The van der Waals surface area contributed by atoms with Crippen LogP contribution < -0.4 is 5.32 Å². The van der Waals surface area contributed by atoms with Crippen molar-refractivity contribution in [2.45, 2.75) is 18.9 Å². The summed E-state index contributed by atoms with van der Waals surface area (Å²) in [6.45, 7) is 0.656. The van der Waals surface area contributed by atoms with Gasteiger partial charge in [-0.15, -0.1) is 0 Å². The lowest BCUT2D eigenvalue weighted by Gasteiger charge is -2.35. The molecule has 1 fully saturated rings. The average Bonchev–Trinajstić information content (AvgIpc) is 2.83. The minimum absolute atomic E-state index is 0.0657. The predicted molar refractivity (Wildman–Crippen MR) is 114 cm³/mol. The maximum atomic E-state index is 13.3. The molecule has 3 rings (SSSR count). The maximum Gasteiger partial charge on any atom is 0.313 e. The molecule has 0 bridgehead atoms. The van der Waals surface area contributed by atoms with Gasteiger partial charge in [0, 0.05) is 43.2 Å². The summed E-state index contributed by atoms with van der Waals surface area (Å²) in [5, 5.41) is 21.3. The standard InChI is InChI=1S/C23H24N4O5/c1-32-23(31)19-14-27(12-8-20(19)28)22(30)17-7-11-25-13-18(17)15-3-5-16(6-4-15)21(29)26-10-2-9-24/h3-7,11,13,19-20,28H,2,8,10,12,14H2,1H3,(H,26,29). The Labute approximate surface area is 185 Å². The van der Waals surface area contributed by atoms with Crippen LogP contribution in [0.3, 0.4) is 0 Å². The number of aromatic nitrogens is 1. The fourth-order valence-corrected chi connectivity index (χ4v) is 3.62. The summed E-state index contributed by atoms with van der Waals surface area (Å²) >= 11 is 0. The van der Waals surface area contributed by atoms with Gasteiger partial charge in [0.25, 0.3) is 11.8 Å². The van der Waals surface area contributed by atoms with Gasteiger partial charge in [-0.1, -0.05) is 12.1 Å². The van der Waals surface area contributed by atoms with E-state index in [1.807, 2.05) is 6.07 Å². The second-order valence-corrected chi connectivity index (χ2v) is 7.40. The number of methoxy groups -OCH3 is 1. The average molecular weight is 436 g/mol. The van der Waals surface area contributed by atoms with E-state index in [4.69, 9.17) is 10.00 Å². The van der Waals surface area contributed by atoms with Crippen LogP contribution in [-0.2, 0) is 9.53 Å². The second-order valence-electron chi connectivity index (χ2n) is 7.40. The number of likely N-dealkylation sites (tertiary alicyclic amines) is 1. The first-order chi connectivity index (χ1) is 15.5. The number of aliphatic hydroxyl groups excluding tert-OH is 1. The molecule has 0 spiro atoms. The lowest BCUT2D eigenvalue weighted by molar-refractivity contribution is -0.151.